The fraction of sp³-hybridized carbons (Fsp3) is 0.533. The van der Waals surface area contributed by atoms with E-state index in [1.165, 1.54) is 22.5 Å². The van der Waals surface area contributed by atoms with Crippen LogP contribution in [0.2, 0.25) is 0 Å². The molecule has 0 fully saturated rings. The van der Waals surface area contributed by atoms with Crippen LogP contribution in [-0.4, -0.2) is 25.3 Å². The Balaban J connectivity index is 3.32. The van der Waals surface area contributed by atoms with E-state index in [-0.39, 0.29) is 16.5 Å². The molecule has 0 saturated heterocycles. The van der Waals surface area contributed by atoms with E-state index in [0.717, 1.165) is 19.3 Å². The molecule has 1 rings (SSSR count). The van der Waals surface area contributed by atoms with Crippen LogP contribution in [0.5, 0.6) is 0 Å². The topological polar surface area (TPSA) is 87.2 Å². The van der Waals surface area contributed by atoms with Crippen molar-refractivity contribution in [1.82, 2.24) is 4.31 Å². The maximum absolute atomic E-state index is 12.9. The number of unbranched alkanes of at least 4 members (excludes halogenated alkanes) is 1. The Morgan fingerprint density at radius 1 is 1.38 bits per heavy atom. The minimum absolute atomic E-state index is 0.0376. The van der Waals surface area contributed by atoms with Crippen LogP contribution < -0.4 is 5.73 Å². The number of nitrogens with zero attached hydrogens (tertiary/aromatic N) is 2. The zero-order valence-electron chi connectivity index (χ0n) is 12.8. The van der Waals surface area contributed by atoms with Crippen molar-refractivity contribution in [1.29, 1.82) is 5.26 Å². The highest BCUT2D eigenvalue weighted by Crippen LogP contribution is 2.24. The molecule has 0 saturated carbocycles. The number of nitrogen functional groups attached to an aromatic ring is 1. The Morgan fingerprint density at radius 3 is 2.57 bits per heavy atom. The van der Waals surface area contributed by atoms with E-state index in [0.29, 0.717) is 12.2 Å². The SMILES string of the molecule is CCCCN(C(C)CC)S(=O)(=O)c1ccc(N)cc1C#N. The monoisotopic (exact) mass is 309 g/mol. The minimum Gasteiger partial charge on any atom is -0.399 e. The average molecular weight is 309 g/mol. The van der Waals surface area contributed by atoms with E-state index in [1.807, 2.05) is 26.8 Å². The van der Waals surface area contributed by atoms with E-state index in [4.69, 9.17) is 5.73 Å². The van der Waals surface area contributed by atoms with Crippen LogP contribution in [0, 0.1) is 11.3 Å². The van der Waals surface area contributed by atoms with Gasteiger partial charge in [0, 0.05) is 18.3 Å². The first-order valence-corrected chi connectivity index (χ1v) is 8.63. The van der Waals surface area contributed by atoms with Gasteiger partial charge in [-0.2, -0.15) is 9.57 Å². The number of rotatable bonds is 7. The quantitative estimate of drug-likeness (QED) is 0.784. The third-order valence-corrected chi connectivity index (χ3v) is 5.60. The molecular formula is C15H23N3O2S. The fourth-order valence-electron chi connectivity index (χ4n) is 2.08. The van der Waals surface area contributed by atoms with Crippen LogP contribution in [0.1, 0.15) is 45.6 Å². The van der Waals surface area contributed by atoms with Gasteiger partial charge < -0.3 is 5.73 Å². The molecule has 0 aliphatic heterocycles. The van der Waals surface area contributed by atoms with Crippen molar-refractivity contribution in [3.63, 3.8) is 0 Å². The fourth-order valence-corrected chi connectivity index (χ4v) is 3.95. The second-order valence-corrected chi connectivity index (χ2v) is 6.95. The van der Waals surface area contributed by atoms with E-state index >= 15 is 0 Å². The second-order valence-electron chi connectivity index (χ2n) is 5.09. The molecule has 1 unspecified atom stereocenters. The Labute approximate surface area is 127 Å². The lowest BCUT2D eigenvalue weighted by molar-refractivity contribution is 0.324. The molecule has 0 bridgehead atoms. The molecule has 0 radical (unpaired) electrons. The molecule has 0 amide bonds. The molecular weight excluding hydrogens is 286 g/mol. The molecule has 6 heteroatoms. The highest BCUT2D eigenvalue weighted by atomic mass is 32.2. The van der Waals surface area contributed by atoms with Gasteiger partial charge in [0.25, 0.3) is 0 Å². The van der Waals surface area contributed by atoms with Gasteiger partial charge in [0.1, 0.15) is 11.0 Å². The van der Waals surface area contributed by atoms with Crippen molar-refractivity contribution in [2.75, 3.05) is 12.3 Å². The summed E-state index contributed by atoms with van der Waals surface area (Å²) in [5.41, 5.74) is 6.11. The lowest BCUT2D eigenvalue weighted by Crippen LogP contribution is -2.39. The van der Waals surface area contributed by atoms with E-state index in [9.17, 15) is 13.7 Å². The predicted molar refractivity (Wildman–Crippen MR) is 84.1 cm³/mol. The summed E-state index contributed by atoms with van der Waals surface area (Å²) < 4.78 is 27.2. The van der Waals surface area contributed by atoms with Crippen LogP contribution in [-0.2, 0) is 10.0 Å². The summed E-state index contributed by atoms with van der Waals surface area (Å²) in [5, 5.41) is 9.17. The second kappa shape index (κ2) is 7.43. The lowest BCUT2D eigenvalue weighted by atomic mass is 10.2. The summed E-state index contributed by atoms with van der Waals surface area (Å²) >= 11 is 0. The third kappa shape index (κ3) is 3.96. The van der Waals surface area contributed by atoms with Gasteiger partial charge in [-0.1, -0.05) is 20.3 Å². The number of hydrogen-bond acceptors (Lipinski definition) is 4. The largest absolute Gasteiger partial charge is 0.399 e. The Hall–Kier alpha value is -1.58. The average Bonchev–Trinajstić information content (AvgIpc) is 2.46. The van der Waals surface area contributed by atoms with E-state index in [1.54, 1.807) is 0 Å². The van der Waals surface area contributed by atoms with Crippen molar-refractivity contribution in [3.05, 3.63) is 23.8 Å². The summed E-state index contributed by atoms with van der Waals surface area (Å²) in [6, 6.07) is 6.16. The van der Waals surface area contributed by atoms with Crippen molar-refractivity contribution >= 4 is 15.7 Å². The van der Waals surface area contributed by atoms with Crippen LogP contribution in [0.25, 0.3) is 0 Å². The maximum Gasteiger partial charge on any atom is 0.244 e. The maximum atomic E-state index is 12.9. The number of sulfonamides is 1. The number of anilines is 1. The van der Waals surface area contributed by atoms with Gasteiger partial charge in [-0.3, -0.25) is 0 Å². The molecule has 0 aliphatic rings. The first-order valence-electron chi connectivity index (χ1n) is 7.19. The van der Waals surface area contributed by atoms with Gasteiger partial charge in [0.2, 0.25) is 10.0 Å². The summed E-state index contributed by atoms with van der Waals surface area (Å²) in [5.74, 6) is 0. The standard InChI is InChI=1S/C15H23N3O2S/c1-4-6-9-18(12(3)5-2)21(19,20)15-8-7-14(17)10-13(15)11-16/h7-8,10,12H,4-6,9,17H2,1-3H3. The van der Waals surface area contributed by atoms with Crippen molar-refractivity contribution in [3.8, 4) is 6.07 Å². The number of hydrogen-bond donors (Lipinski definition) is 1. The third-order valence-electron chi connectivity index (χ3n) is 3.53. The normalized spacial score (nSPS) is 13.1. The molecule has 0 aromatic heterocycles. The molecule has 1 aromatic carbocycles. The van der Waals surface area contributed by atoms with Gasteiger partial charge in [-0.25, -0.2) is 8.42 Å². The number of nitriles is 1. The summed E-state index contributed by atoms with van der Waals surface area (Å²) in [6.45, 7) is 6.32. The summed E-state index contributed by atoms with van der Waals surface area (Å²) in [4.78, 5) is 0.0376. The highest BCUT2D eigenvalue weighted by molar-refractivity contribution is 7.89. The van der Waals surface area contributed by atoms with Crippen molar-refractivity contribution in [2.24, 2.45) is 0 Å². The number of nitrogens with two attached hydrogens (primary N) is 1. The van der Waals surface area contributed by atoms with Crippen LogP contribution in [0.3, 0.4) is 0 Å². The van der Waals surface area contributed by atoms with Gasteiger partial charge in [-0.05, 0) is 38.0 Å². The molecule has 0 aliphatic carbocycles. The summed E-state index contributed by atoms with van der Waals surface area (Å²) in [7, 11) is -3.69. The molecule has 5 nitrogen and oxygen atoms in total. The summed E-state index contributed by atoms with van der Waals surface area (Å²) in [6.07, 6.45) is 2.43. The van der Waals surface area contributed by atoms with Gasteiger partial charge >= 0.3 is 0 Å². The van der Waals surface area contributed by atoms with E-state index < -0.39 is 10.0 Å². The molecule has 116 valence electrons. The van der Waals surface area contributed by atoms with Gasteiger partial charge in [-0.15, -0.1) is 0 Å². The van der Waals surface area contributed by atoms with Crippen molar-refractivity contribution < 1.29 is 8.42 Å². The van der Waals surface area contributed by atoms with Crippen molar-refractivity contribution in [2.45, 2.75) is 51.0 Å². The molecule has 0 spiro atoms. The molecule has 1 atom stereocenters. The smallest absolute Gasteiger partial charge is 0.244 e. The molecule has 1 aromatic rings. The van der Waals surface area contributed by atoms with E-state index in [2.05, 4.69) is 0 Å². The Kier molecular flexibility index (Phi) is 6.19. The molecule has 0 heterocycles. The minimum atomic E-state index is -3.69. The Morgan fingerprint density at radius 2 is 2.05 bits per heavy atom. The molecule has 21 heavy (non-hydrogen) atoms. The lowest BCUT2D eigenvalue weighted by Gasteiger charge is -2.28. The van der Waals surface area contributed by atoms with Crippen LogP contribution in [0.4, 0.5) is 5.69 Å². The first kappa shape index (κ1) is 17.5. The van der Waals surface area contributed by atoms with Gasteiger partial charge in [0.05, 0.1) is 5.56 Å². The zero-order valence-corrected chi connectivity index (χ0v) is 13.7. The first-order chi connectivity index (χ1) is 9.88. The predicted octanol–water partition coefficient (Wildman–Crippen LogP) is 2.73. The van der Waals surface area contributed by atoms with Crippen LogP contribution in [0.15, 0.2) is 23.1 Å². The van der Waals surface area contributed by atoms with Crippen LogP contribution >= 0.6 is 0 Å². The highest BCUT2D eigenvalue weighted by Gasteiger charge is 2.29. The molecule has 2 N–H and O–H groups in total. The van der Waals surface area contributed by atoms with Gasteiger partial charge in [0.15, 0.2) is 0 Å². The zero-order chi connectivity index (χ0) is 16.0. The number of benzene rings is 1. The Bertz CT molecular complexity index is 620.